The number of rotatable bonds is 2. The fourth-order valence-corrected chi connectivity index (χ4v) is 2.27. The predicted molar refractivity (Wildman–Crippen MR) is 80.9 cm³/mol. The van der Waals surface area contributed by atoms with E-state index in [9.17, 15) is 9.18 Å². The van der Waals surface area contributed by atoms with Crippen LogP contribution in [0.2, 0.25) is 0 Å². The Bertz CT molecular complexity index is 643. The van der Waals surface area contributed by atoms with Crippen molar-refractivity contribution in [3.05, 3.63) is 62.3 Å². The minimum atomic E-state index is -0.357. The first-order valence-electron chi connectivity index (χ1n) is 5.50. The van der Waals surface area contributed by atoms with Crippen molar-refractivity contribution in [2.24, 2.45) is 0 Å². The maximum Gasteiger partial charge on any atom is 0.255 e. The van der Waals surface area contributed by atoms with E-state index in [2.05, 4.69) is 37.2 Å². The van der Waals surface area contributed by atoms with Crippen LogP contribution < -0.4 is 5.32 Å². The summed E-state index contributed by atoms with van der Waals surface area (Å²) in [6.07, 6.45) is 0. The maximum absolute atomic E-state index is 13.0. The van der Waals surface area contributed by atoms with Crippen LogP contribution in [0, 0.1) is 12.7 Å². The number of hydrogen-bond donors (Lipinski definition) is 1. The lowest BCUT2D eigenvalue weighted by Gasteiger charge is -2.08. The normalized spacial score (nSPS) is 10.3. The minimum Gasteiger partial charge on any atom is -0.321 e. The lowest BCUT2D eigenvalue weighted by Crippen LogP contribution is -2.12. The summed E-state index contributed by atoms with van der Waals surface area (Å²) in [6.45, 7) is 1.91. The van der Waals surface area contributed by atoms with E-state index in [4.69, 9.17) is 0 Å². The summed E-state index contributed by atoms with van der Waals surface area (Å²) in [5, 5.41) is 2.73. The van der Waals surface area contributed by atoms with Crippen LogP contribution in [0.25, 0.3) is 0 Å². The van der Waals surface area contributed by atoms with Crippen LogP contribution in [0.3, 0.4) is 0 Å². The second-order valence-electron chi connectivity index (χ2n) is 4.04. The number of hydrogen-bond acceptors (Lipinski definition) is 1. The highest BCUT2D eigenvalue weighted by Gasteiger charge is 2.09. The van der Waals surface area contributed by atoms with Gasteiger partial charge in [0.25, 0.3) is 5.91 Å². The molecule has 0 aliphatic carbocycles. The third kappa shape index (κ3) is 3.42. The molecule has 19 heavy (non-hydrogen) atoms. The van der Waals surface area contributed by atoms with Crippen LogP contribution in [0.5, 0.6) is 0 Å². The summed E-state index contributed by atoms with van der Waals surface area (Å²) in [5.41, 5.74) is 2.06. The van der Waals surface area contributed by atoms with Crippen molar-refractivity contribution in [1.82, 2.24) is 0 Å². The molecule has 0 bridgehead atoms. The van der Waals surface area contributed by atoms with Crippen molar-refractivity contribution in [3.63, 3.8) is 0 Å². The SMILES string of the molecule is Cc1cc(C(=O)Nc2ccc(F)cc2Br)ccc1Br. The molecule has 0 aliphatic heterocycles. The van der Waals surface area contributed by atoms with Gasteiger partial charge in [-0.3, -0.25) is 4.79 Å². The molecule has 0 radical (unpaired) electrons. The number of aryl methyl sites for hydroxylation is 1. The van der Waals surface area contributed by atoms with Crippen LogP contribution in [-0.2, 0) is 0 Å². The van der Waals surface area contributed by atoms with Crippen LogP contribution in [-0.4, -0.2) is 5.91 Å². The molecule has 0 aliphatic rings. The number of carbonyl (C=O) groups is 1. The third-order valence-corrected chi connectivity index (χ3v) is 4.15. The van der Waals surface area contributed by atoms with Crippen molar-refractivity contribution in [2.45, 2.75) is 6.92 Å². The van der Waals surface area contributed by atoms with Gasteiger partial charge in [0.1, 0.15) is 5.82 Å². The number of nitrogens with one attached hydrogen (secondary N) is 1. The molecule has 0 saturated heterocycles. The van der Waals surface area contributed by atoms with Gasteiger partial charge in [-0.15, -0.1) is 0 Å². The number of benzene rings is 2. The lowest BCUT2D eigenvalue weighted by molar-refractivity contribution is 0.102. The molecule has 0 fully saturated rings. The molecule has 2 rings (SSSR count). The maximum atomic E-state index is 13.0. The summed E-state index contributed by atoms with van der Waals surface area (Å²) in [5.74, 6) is -0.590. The van der Waals surface area contributed by atoms with Crippen molar-refractivity contribution >= 4 is 43.5 Å². The summed E-state index contributed by atoms with van der Waals surface area (Å²) < 4.78 is 14.4. The molecule has 0 saturated carbocycles. The van der Waals surface area contributed by atoms with Gasteiger partial charge >= 0.3 is 0 Å². The van der Waals surface area contributed by atoms with E-state index in [0.717, 1.165) is 10.0 Å². The Morgan fingerprint density at radius 1 is 1.11 bits per heavy atom. The topological polar surface area (TPSA) is 29.1 Å². The van der Waals surface area contributed by atoms with Crippen LogP contribution >= 0.6 is 31.9 Å². The minimum absolute atomic E-state index is 0.233. The average Bonchev–Trinajstić information content (AvgIpc) is 2.36. The summed E-state index contributed by atoms with van der Waals surface area (Å²) in [6, 6.07) is 9.46. The van der Waals surface area contributed by atoms with E-state index in [1.54, 1.807) is 12.1 Å². The Balaban J connectivity index is 2.23. The van der Waals surface area contributed by atoms with E-state index >= 15 is 0 Å². The Kier molecular flexibility index (Phi) is 4.37. The standard InChI is InChI=1S/C14H10Br2FNO/c1-8-6-9(2-4-11(8)15)14(19)18-13-5-3-10(17)7-12(13)16/h2-7H,1H3,(H,18,19). The molecule has 2 aromatic rings. The fourth-order valence-electron chi connectivity index (χ4n) is 1.57. The van der Waals surface area contributed by atoms with Crippen LogP contribution in [0.4, 0.5) is 10.1 Å². The quantitative estimate of drug-likeness (QED) is 0.780. The average molecular weight is 387 g/mol. The Hall–Kier alpha value is -1.20. The molecule has 0 spiro atoms. The van der Waals surface area contributed by atoms with Gasteiger partial charge in [-0.2, -0.15) is 0 Å². The number of amides is 1. The van der Waals surface area contributed by atoms with Gasteiger partial charge in [0.2, 0.25) is 0 Å². The van der Waals surface area contributed by atoms with Gasteiger partial charge in [0.05, 0.1) is 5.69 Å². The van der Waals surface area contributed by atoms with E-state index in [1.165, 1.54) is 18.2 Å². The molecule has 1 amide bonds. The first-order valence-corrected chi connectivity index (χ1v) is 7.08. The number of halogens is 3. The highest BCUT2D eigenvalue weighted by Crippen LogP contribution is 2.24. The van der Waals surface area contributed by atoms with Gasteiger partial charge in [-0.1, -0.05) is 15.9 Å². The third-order valence-electron chi connectivity index (χ3n) is 2.60. The van der Waals surface area contributed by atoms with Crippen LogP contribution in [0.15, 0.2) is 45.3 Å². The van der Waals surface area contributed by atoms with E-state index < -0.39 is 0 Å². The first-order chi connectivity index (χ1) is 8.97. The highest BCUT2D eigenvalue weighted by atomic mass is 79.9. The molecule has 0 heterocycles. The van der Waals surface area contributed by atoms with Crippen molar-refractivity contribution in [3.8, 4) is 0 Å². The molecular weight excluding hydrogens is 377 g/mol. The Morgan fingerprint density at radius 3 is 2.47 bits per heavy atom. The van der Waals surface area contributed by atoms with Gasteiger partial charge < -0.3 is 5.32 Å². The Morgan fingerprint density at radius 2 is 1.84 bits per heavy atom. The van der Waals surface area contributed by atoms with E-state index in [0.29, 0.717) is 15.7 Å². The largest absolute Gasteiger partial charge is 0.321 e. The van der Waals surface area contributed by atoms with Crippen molar-refractivity contribution in [1.29, 1.82) is 0 Å². The lowest BCUT2D eigenvalue weighted by atomic mass is 10.1. The fraction of sp³-hybridized carbons (Fsp3) is 0.0714. The molecule has 0 aromatic heterocycles. The molecule has 5 heteroatoms. The summed E-state index contributed by atoms with van der Waals surface area (Å²) in [7, 11) is 0. The molecule has 0 atom stereocenters. The summed E-state index contributed by atoms with van der Waals surface area (Å²) in [4.78, 5) is 12.1. The molecule has 1 N–H and O–H groups in total. The van der Waals surface area contributed by atoms with Gasteiger partial charge in [-0.05, 0) is 64.8 Å². The monoisotopic (exact) mass is 385 g/mol. The zero-order valence-corrected chi connectivity index (χ0v) is 13.2. The van der Waals surface area contributed by atoms with Crippen molar-refractivity contribution < 1.29 is 9.18 Å². The smallest absolute Gasteiger partial charge is 0.255 e. The predicted octanol–water partition coefficient (Wildman–Crippen LogP) is 4.91. The van der Waals surface area contributed by atoms with E-state index in [1.807, 2.05) is 13.0 Å². The zero-order chi connectivity index (χ0) is 14.0. The number of carbonyl (C=O) groups excluding carboxylic acids is 1. The van der Waals surface area contributed by atoms with E-state index in [-0.39, 0.29) is 11.7 Å². The van der Waals surface area contributed by atoms with Gasteiger partial charge in [-0.25, -0.2) is 4.39 Å². The highest BCUT2D eigenvalue weighted by molar-refractivity contribution is 9.10. The Labute approximate surface area is 127 Å². The molecule has 98 valence electrons. The van der Waals surface area contributed by atoms with Gasteiger partial charge in [0.15, 0.2) is 0 Å². The van der Waals surface area contributed by atoms with Crippen molar-refractivity contribution in [2.75, 3.05) is 5.32 Å². The second-order valence-corrected chi connectivity index (χ2v) is 5.75. The number of anilines is 1. The summed E-state index contributed by atoms with van der Waals surface area (Å²) >= 11 is 6.60. The second kappa shape index (κ2) is 5.84. The van der Waals surface area contributed by atoms with Crippen LogP contribution in [0.1, 0.15) is 15.9 Å². The van der Waals surface area contributed by atoms with Gasteiger partial charge in [0, 0.05) is 14.5 Å². The molecular formula is C14H10Br2FNO. The molecule has 2 nitrogen and oxygen atoms in total. The molecule has 2 aromatic carbocycles. The first kappa shape index (κ1) is 14.2. The zero-order valence-electron chi connectivity index (χ0n) is 10.0. The molecule has 0 unspecified atom stereocenters.